The van der Waals surface area contributed by atoms with E-state index >= 15 is 0 Å². The Morgan fingerprint density at radius 3 is 2.89 bits per heavy atom. The lowest BCUT2D eigenvalue weighted by molar-refractivity contribution is 0.0663. The summed E-state index contributed by atoms with van der Waals surface area (Å²) in [6.45, 7) is 2.49. The molecular weight excluding hydrogens is 306 g/mol. The molecule has 0 spiro atoms. The van der Waals surface area contributed by atoms with Gasteiger partial charge in [0.25, 0.3) is 5.91 Å². The SMILES string of the molecule is Cc1ccc(Br)cc1C(=O)NCC1CCCCC1O. The Balaban J connectivity index is 1.95. The van der Waals surface area contributed by atoms with Crippen LogP contribution in [0.3, 0.4) is 0 Å². The van der Waals surface area contributed by atoms with Crippen molar-refractivity contribution in [1.29, 1.82) is 0 Å². The molecule has 0 heterocycles. The van der Waals surface area contributed by atoms with E-state index in [9.17, 15) is 9.90 Å². The average Bonchev–Trinajstić information content (AvgIpc) is 2.40. The highest BCUT2D eigenvalue weighted by molar-refractivity contribution is 9.10. The van der Waals surface area contributed by atoms with Crippen molar-refractivity contribution in [2.75, 3.05) is 6.54 Å². The van der Waals surface area contributed by atoms with Crippen LogP contribution in [0.5, 0.6) is 0 Å². The molecule has 1 fully saturated rings. The highest BCUT2D eigenvalue weighted by Crippen LogP contribution is 2.24. The van der Waals surface area contributed by atoms with Crippen molar-refractivity contribution in [1.82, 2.24) is 5.32 Å². The van der Waals surface area contributed by atoms with Gasteiger partial charge in [0, 0.05) is 22.5 Å². The Kier molecular flexibility index (Phi) is 4.99. The van der Waals surface area contributed by atoms with Gasteiger partial charge in [0.1, 0.15) is 0 Å². The number of hydrogen-bond acceptors (Lipinski definition) is 2. The molecule has 1 amide bonds. The fourth-order valence-electron chi connectivity index (χ4n) is 2.58. The molecule has 4 heteroatoms. The van der Waals surface area contributed by atoms with Crippen molar-refractivity contribution in [3.05, 3.63) is 33.8 Å². The first-order valence-corrected chi connectivity index (χ1v) is 7.59. The largest absolute Gasteiger partial charge is 0.393 e. The zero-order valence-corrected chi connectivity index (χ0v) is 12.7. The maximum absolute atomic E-state index is 12.2. The van der Waals surface area contributed by atoms with Crippen molar-refractivity contribution in [3.8, 4) is 0 Å². The molecule has 1 aromatic carbocycles. The second-order valence-electron chi connectivity index (χ2n) is 5.28. The monoisotopic (exact) mass is 325 g/mol. The van der Waals surface area contributed by atoms with Gasteiger partial charge in [-0.1, -0.05) is 34.8 Å². The van der Waals surface area contributed by atoms with Crippen LogP contribution in [0.25, 0.3) is 0 Å². The first-order valence-electron chi connectivity index (χ1n) is 6.80. The van der Waals surface area contributed by atoms with E-state index in [0.29, 0.717) is 12.1 Å². The van der Waals surface area contributed by atoms with Crippen molar-refractivity contribution < 1.29 is 9.90 Å². The summed E-state index contributed by atoms with van der Waals surface area (Å²) in [7, 11) is 0. The summed E-state index contributed by atoms with van der Waals surface area (Å²) in [5.74, 6) is 0.140. The predicted molar refractivity (Wildman–Crippen MR) is 79.2 cm³/mol. The lowest BCUT2D eigenvalue weighted by atomic mass is 9.86. The smallest absolute Gasteiger partial charge is 0.251 e. The van der Waals surface area contributed by atoms with Gasteiger partial charge in [0.2, 0.25) is 0 Å². The van der Waals surface area contributed by atoms with Crippen LogP contribution in [-0.4, -0.2) is 23.7 Å². The second kappa shape index (κ2) is 6.53. The summed E-state index contributed by atoms with van der Waals surface area (Å²) in [4.78, 5) is 12.2. The van der Waals surface area contributed by atoms with E-state index in [-0.39, 0.29) is 17.9 Å². The molecule has 2 unspecified atom stereocenters. The van der Waals surface area contributed by atoms with Crippen LogP contribution in [-0.2, 0) is 0 Å². The van der Waals surface area contributed by atoms with E-state index in [2.05, 4.69) is 21.2 Å². The van der Waals surface area contributed by atoms with Gasteiger partial charge in [-0.25, -0.2) is 0 Å². The minimum atomic E-state index is -0.266. The highest BCUT2D eigenvalue weighted by atomic mass is 79.9. The van der Waals surface area contributed by atoms with Crippen LogP contribution in [0.4, 0.5) is 0 Å². The van der Waals surface area contributed by atoms with Gasteiger partial charge in [-0.2, -0.15) is 0 Å². The third kappa shape index (κ3) is 3.80. The number of hydrogen-bond donors (Lipinski definition) is 2. The number of nitrogens with one attached hydrogen (secondary N) is 1. The highest BCUT2D eigenvalue weighted by Gasteiger charge is 2.23. The molecule has 1 saturated carbocycles. The minimum absolute atomic E-state index is 0.0587. The Labute approximate surface area is 122 Å². The van der Waals surface area contributed by atoms with E-state index < -0.39 is 0 Å². The van der Waals surface area contributed by atoms with Crippen LogP contribution >= 0.6 is 15.9 Å². The Morgan fingerprint density at radius 2 is 2.16 bits per heavy atom. The second-order valence-corrected chi connectivity index (χ2v) is 6.20. The molecule has 1 aliphatic carbocycles. The minimum Gasteiger partial charge on any atom is -0.393 e. The average molecular weight is 326 g/mol. The number of aryl methyl sites for hydroxylation is 1. The molecule has 0 aliphatic heterocycles. The number of amides is 1. The number of carbonyl (C=O) groups excluding carboxylic acids is 1. The van der Waals surface area contributed by atoms with Crippen molar-refractivity contribution in [2.45, 2.75) is 38.7 Å². The number of aliphatic hydroxyl groups is 1. The Bertz CT molecular complexity index is 461. The zero-order chi connectivity index (χ0) is 13.8. The topological polar surface area (TPSA) is 49.3 Å². The standard InChI is InChI=1S/C15H20BrNO2/c1-10-6-7-12(16)8-13(10)15(19)17-9-11-4-2-3-5-14(11)18/h6-8,11,14,18H,2-5,9H2,1H3,(H,17,19). The molecule has 0 bridgehead atoms. The van der Waals surface area contributed by atoms with E-state index in [1.54, 1.807) is 0 Å². The van der Waals surface area contributed by atoms with Crippen molar-refractivity contribution in [2.24, 2.45) is 5.92 Å². The summed E-state index contributed by atoms with van der Waals surface area (Å²) < 4.78 is 0.904. The summed E-state index contributed by atoms with van der Waals surface area (Å²) in [6, 6.07) is 5.69. The molecular formula is C15H20BrNO2. The summed E-state index contributed by atoms with van der Waals surface area (Å²) in [5, 5.41) is 12.8. The van der Waals surface area contributed by atoms with Crippen LogP contribution in [0.1, 0.15) is 41.6 Å². The fourth-order valence-corrected chi connectivity index (χ4v) is 2.95. The molecule has 1 aliphatic rings. The van der Waals surface area contributed by atoms with Gasteiger partial charge in [-0.05, 0) is 37.5 Å². The van der Waals surface area contributed by atoms with Crippen LogP contribution in [0.15, 0.2) is 22.7 Å². The fraction of sp³-hybridized carbons (Fsp3) is 0.533. The first-order chi connectivity index (χ1) is 9.08. The first kappa shape index (κ1) is 14.5. The third-order valence-electron chi connectivity index (χ3n) is 3.84. The number of rotatable bonds is 3. The normalized spacial score (nSPS) is 23.1. The predicted octanol–water partition coefficient (Wildman–Crippen LogP) is 3.04. The zero-order valence-electron chi connectivity index (χ0n) is 11.2. The lowest BCUT2D eigenvalue weighted by Gasteiger charge is -2.27. The van der Waals surface area contributed by atoms with Gasteiger partial charge in [0.05, 0.1) is 6.10 Å². The van der Waals surface area contributed by atoms with Crippen LogP contribution in [0, 0.1) is 12.8 Å². The molecule has 2 rings (SSSR count). The molecule has 2 atom stereocenters. The van der Waals surface area contributed by atoms with E-state index in [4.69, 9.17) is 0 Å². The number of aliphatic hydroxyl groups excluding tert-OH is 1. The van der Waals surface area contributed by atoms with Gasteiger partial charge in [-0.15, -0.1) is 0 Å². The van der Waals surface area contributed by atoms with Crippen molar-refractivity contribution >= 4 is 21.8 Å². The van der Waals surface area contributed by atoms with E-state index in [1.807, 2.05) is 25.1 Å². The molecule has 3 nitrogen and oxygen atoms in total. The van der Waals surface area contributed by atoms with Crippen LogP contribution in [0.2, 0.25) is 0 Å². The maximum Gasteiger partial charge on any atom is 0.251 e. The molecule has 1 aromatic rings. The summed E-state index contributed by atoms with van der Waals surface area (Å²) in [5.41, 5.74) is 1.66. The lowest BCUT2D eigenvalue weighted by Crippen LogP contribution is -2.36. The molecule has 2 N–H and O–H groups in total. The molecule has 0 radical (unpaired) electrons. The molecule has 19 heavy (non-hydrogen) atoms. The van der Waals surface area contributed by atoms with Gasteiger partial charge in [-0.3, -0.25) is 4.79 Å². The molecule has 0 saturated heterocycles. The quantitative estimate of drug-likeness (QED) is 0.897. The van der Waals surface area contributed by atoms with Crippen molar-refractivity contribution in [3.63, 3.8) is 0 Å². The third-order valence-corrected chi connectivity index (χ3v) is 4.33. The van der Waals surface area contributed by atoms with E-state index in [1.165, 1.54) is 0 Å². The molecule has 0 aromatic heterocycles. The van der Waals surface area contributed by atoms with Gasteiger partial charge in [0.15, 0.2) is 0 Å². The van der Waals surface area contributed by atoms with Gasteiger partial charge < -0.3 is 10.4 Å². The molecule has 104 valence electrons. The Hall–Kier alpha value is -0.870. The number of benzene rings is 1. The number of carbonyl (C=O) groups is 1. The van der Waals surface area contributed by atoms with Gasteiger partial charge >= 0.3 is 0 Å². The van der Waals surface area contributed by atoms with E-state index in [0.717, 1.165) is 35.7 Å². The Morgan fingerprint density at radius 1 is 1.42 bits per heavy atom. The number of halogens is 1. The van der Waals surface area contributed by atoms with Crippen LogP contribution < -0.4 is 5.32 Å². The summed E-state index contributed by atoms with van der Waals surface area (Å²) in [6.07, 6.45) is 3.83. The maximum atomic E-state index is 12.2. The summed E-state index contributed by atoms with van der Waals surface area (Å²) >= 11 is 3.38.